The molecule has 5 nitrogen and oxygen atoms in total. The summed E-state index contributed by atoms with van der Waals surface area (Å²) in [4.78, 5) is 23.1. The van der Waals surface area contributed by atoms with Gasteiger partial charge in [-0.25, -0.2) is 8.78 Å². The number of halogens is 2. The van der Waals surface area contributed by atoms with Crippen molar-refractivity contribution in [1.82, 2.24) is 5.32 Å². The van der Waals surface area contributed by atoms with Gasteiger partial charge in [-0.2, -0.15) is 0 Å². The van der Waals surface area contributed by atoms with E-state index in [-0.39, 0.29) is 5.75 Å². The summed E-state index contributed by atoms with van der Waals surface area (Å²) in [6.07, 6.45) is 0.916. The van der Waals surface area contributed by atoms with E-state index in [9.17, 15) is 18.4 Å². The summed E-state index contributed by atoms with van der Waals surface area (Å²) >= 11 is 0. The summed E-state index contributed by atoms with van der Waals surface area (Å²) in [5.41, 5.74) is 0. The summed E-state index contributed by atoms with van der Waals surface area (Å²) in [7, 11) is 0. The smallest absolute Gasteiger partial charge is 0.308 e. The molecule has 1 aromatic carbocycles. The fraction of sp³-hybridized carbons (Fsp3) is 0.467. The van der Waals surface area contributed by atoms with Crippen molar-refractivity contribution in [2.45, 2.75) is 38.3 Å². The Morgan fingerprint density at radius 1 is 1.32 bits per heavy atom. The van der Waals surface area contributed by atoms with E-state index < -0.39 is 41.6 Å². The van der Waals surface area contributed by atoms with Crippen molar-refractivity contribution >= 4 is 11.9 Å². The van der Waals surface area contributed by atoms with Crippen LogP contribution in [0.25, 0.3) is 0 Å². The lowest BCUT2D eigenvalue weighted by molar-refractivity contribution is -0.142. The van der Waals surface area contributed by atoms with E-state index in [1.165, 1.54) is 13.0 Å². The summed E-state index contributed by atoms with van der Waals surface area (Å²) in [6.45, 7) is 1.46. The van der Waals surface area contributed by atoms with E-state index in [4.69, 9.17) is 9.84 Å². The average molecular weight is 313 g/mol. The molecule has 1 saturated carbocycles. The zero-order valence-electron chi connectivity index (χ0n) is 12.0. The van der Waals surface area contributed by atoms with E-state index in [1.54, 1.807) is 0 Å². The van der Waals surface area contributed by atoms with Crippen molar-refractivity contribution in [1.29, 1.82) is 0 Å². The van der Waals surface area contributed by atoms with E-state index in [0.29, 0.717) is 12.8 Å². The van der Waals surface area contributed by atoms with Crippen molar-refractivity contribution in [3.63, 3.8) is 0 Å². The maximum absolute atomic E-state index is 13.1. The third-order valence-corrected chi connectivity index (χ3v) is 3.73. The highest BCUT2D eigenvalue weighted by atomic mass is 19.2. The minimum absolute atomic E-state index is 0.0303. The first kappa shape index (κ1) is 16.2. The van der Waals surface area contributed by atoms with Crippen LogP contribution in [0.1, 0.15) is 26.2 Å². The molecule has 0 heterocycles. The van der Waals surface area contributed by atoms with Crippen LogP contribution in [-0.4, -0.2) is 29.1 Å². The van der Waals surface area contributed by atoms with E-state index in [2.05, 4.69) is 5.32 Å². The Bertz CT molecular complexity index is 579. The van der Waals surface area contributed by atoms with Crippen LogP contribution in [0.2, 0.25) is 0 Å². The van der Waals surface area contributed by atoms with Crippen molar-refractivity contribution in [2.75, 3.05) is 0 Å². The number of carboxylic acid groups (broad SMARTS) is 1. The van der Waals surface area contributed by atoms with Gasteiger partial charge in [0, 0.05) is 12.1 Å². The lowest BCUT2D eigenvalue weighted by atomic mass is 10.0. The fourth-order valence-electron chi connectivity index (χ4n) is 2.54. The first-order valence-corrected chi connectivity index (χ1v) is 7.03. The average Bonchev–Trinajstić information content (AvgIpc) is 2.91. The highest BCUT2D eigenvalue weighted by molar-refractivity contribution is 5.82. The monoisotopic (exact) mass is 313 g/mol. The molecule has 0 aliphatic heterocycles. The number of hydrogen-bond acceptors (Lipinski definition) is 3. The van der Waals surface area contributed by atoms with Crippen molar-refractivity contribution in [2.24, 2.45) is 5.92 Å². The Hall–Kier alpha value is -2.18. The van der Waals surface area contributed by atoms with Gasteiger partial charge in [-0.05, 0) is 31.9 Å². The Morgan fingerprint density at radius 3 is 2.68 bits per heavy atom. The van der Waals surface area contributed by atoms with E-state index >= 15 is 0 Å². The molecule has 0 radical (unpaired) electrons. The van der Waals surface area contributed by atoms with E-state index in [0.717, 1.165) is 18.6 Å². The van der Waals surface area contributed by atoms with Gasteiger partial charge in [0.1, 0.15) is 5.75 Å². The Labute approximate surface area is 126 Å². The van der Waals surface area contributed by atoms with Crippen LogP contribution in [0.15, 0.2) is 18.2 Å². The summed E-state index contributed by atoms with van der Waals surface area (Å²) in [5.74, 6) is -4.05. The van der Waals surface area contributed by atoms with Gasteiger partial charge >= 0.3 is 5.97 Å². The summed E-state index contributed by atoms with van der Waals surface area (Å²) < 4.78 is 31.1. The second-order valence-electron chi connectivity index (χ2n) is 5.33. The van der Waals surface area contributed by atoms with Crippen LogP contribution in [0, 0.1) is 17.6 Å². The number of hydrogen-bond donors (Lipinski definition) is 2. The molecule has 0 bridgehead atoms. The number of aliphatic carboxylic acids is 1. The van der Waals surface area contributed by atoms with Gasteiger partial charge < -0.3 is 15.2 Å². The van der Waals surface area contributed by atoms with Crippen molar-refractivity contribution < 1.29 is 28.2 Å². The van der Waals surface area contributed by atoms with Gasteiger partial charge in [0.05, 0.1) is 5.92 Å². The minimum Gasteiger partial charge on any atom is -0.481 e. The number of rotatable bonds is 5. The fourth-order valence-corrected chi connectivity index (χ4v) is 2.54. The first-order chi connectivity index (χ1) is 10.4. The second-order valence-corrected chi connectivity index (χ2v) is 5.33. The maximum atomic E-state index is 13.1. The van der Waals surface area contributed by atoms with Crippen molar-refractivity contribution in [3.05, 3.63) is 29.8 Å². The lowest BCUT2D eigenvalue weighted by Crippen LogP contribution is -2.45. The molecule has 0 unspecified atom stereocenters. The predicted molar refractivity (Wildman–Crippen MR) is 73.4 cm³/mol. The van der Waals surface area contributed by atoms with E-state index in [1.807, 2.05) is 0 Å². The number of benzene rings is 1. The molecule has 2 rings (SSSR count). The molecule has 1 fully saturated rings. The van der Waals surface area contributed by atoms with Crippen LogP contribution in [0.4, 0.5) is 8.78 Å². The maximum Gasteiger partial charge on any atom is 0.308 e. The summed E-state index contributed by atoms with van der Waals surface area (Å²) in [5, 5.41) is 11.7. The van der Waals surface area contributed by atoms with Gasteiger partial charge in [0.15, 0.2) is 17.7 Å². The highest BCUT2D eigenvalue weighted by Crippen LogP contribution is 2.26. The third kappa shape index (κ3) is 3.72. The van der Waals surface area contributed by atoms with Crippen LogP contribution < -0.4 is 10.1 Å². The van der Waals surface area contributed by atoms with Crippen LogP contribution in [0.3, 0.4) is 0 Å². The molecule has 3 atom stereocenters. The number of carbonyl (C=O) groups excluding carboxylic acids is 1. The molecule has 1 aliphatic carbocycles. The van der Waals surface area contributed by atoms with Gasteiger partial charge in [-0.3, -0.25) is 9.59 Å². The molecule has 1 aliphatic rings. The largest absolute Gasteiger partial charge is 0.481 e. The molecule has 0 spiro atoms. The first-order valence-electron chi connectivity index (χ1n) is 7.03. The Balaban J connectivity index is 1.94. The zero-order chi connectivity index (χ0) is 16.3. The molecule has 2 N–H and O–H groups in total. The molecule has 22 heavy (non-hydrogen) atoms. The number of carboxylic acids is 1. The quantitative estimate of drug-likeness (QED) is 0.873. The van der Waals surface area contributed by atoms with Gasteiger partial charge in [-0.1, -0.05) is 6.42 Å². The van der Waals surface area contributed by atoms with Gasteiger partial charge in [0.25, 0.3) is 5.91 Å². The number of amides is 1. The molecular weight excluding hydrogens is 296 g/mol. The molecular formula is C15H17F2NO4. The Kier molecular flexibility index (Phi) is 4.95. The highest BCUT2D eigenvalue weighted by Gasteiger charge is 2.34. The number of nitrogens with one attached hydrogen (secondary N) is 1. The predicted octanol–water partition coefficient (Wildman–Crippen LogP) is 2.10. The second kappa shape index (κ2) is 6.72. The van der Waals surface area contributed by atoms with Crippen LogP contribution in [0.5, 0.6) is 5.75 Å². The molecule has 1 aromatic rings. The normalized spacial score (nSPS) is 22.1. The minimum atomic E-state index is -1.06. The van der Waals surface area contributed by atoms with Crippen LogP contribution >= 0.6 is 0 Å². The molecule has 120 valence electrons. The molecule has 7 heteroatoms. The number of ether oxygens (including phenoxy) is 1. The standard InChI is InChI=1S/C15H17F2NO4/c1-8(22-9-5-6-11(16)12(17)7-9)14(19)18-13-4-2-3-10(13)15(20)21/h5-8,10,13H,2-4H2,1H3,(H,18,19)(H,20,21)/t8-,10+,13-/m1/s1. The van der Waals surface area contributed by atoms with Gasteiger partial charge in [-0.15, -0.1) is 0 Å². The molecule has 0 aromatic heterocycles. The SMILES string of the molecule is C[C@@H](Oc1ccc(F)c(F)c1)C(=O)N[C@@H]1CCC[C@@H]1C(=O)O. The van der Waals surface area contributed by atoms with Gasteiger partial charge in [0.2, 0.25) is 0 Å². The van der Waals surface area contributed by atoms with Crippen LogP contribution in [-0.2, 0) is 9.59 Å². The molecule has 1 amide bonds. The summed E-state index contributed by atoms with van der Waals surface area (Å²) in [6, 6.07) is 2.56. The molecule has 0 saturated heterocycles. The topological polar surface area (TPSA) is 75.6 Å². The lowest BCUT2D eigenvalue weighted by Gasteiger charge is -2.21. The number of carbonyl (C=O) groups is 2. The third-order valence-electron chi connectivity index (χ3n) is 3.73. The van der Waals surface area contributed by atoms with Crippen molar-refractivity contribution in [3.8, 4) is 5.75 Å². The zero-order valence-corrected chi connectivity index (χ0v) is 12.0. The Morgan fingerprint density at radius 2 is 2.05 bits per heavy atom.